The van der Waals surface area contributed by atoms with Crippen LogP contribution in [0.5, 0.6) is 0 Å². The first kappa shape index (κ1) is 6.14. The second-order valence-electron chi connectivity index (χ2n) is 1.28. The van der Waals surface area contributed by atoms with Crippen LogP contribution in [-0.2, 0) is 0 Å². The minimum atomic E-state index is 0.188. The summed E-state index contributed by atoms with van der Waals surface area (Å²) in [6, 6.07) is 0. The third-order valence-corrected chi connectivity index (χ3v) is 0.335. The molecule has 0 aliphatic heterocycles. The fraction of sp³-hybridized carbons (Fsp3) is 0.500. The van der Waals surface area contributed by atoms with Crippen LogP contribution in [0.2, 0.25) is 0 Å². The van der Waals surface area contributed by atoms with E-state index >= 15 is 0 Å². The van der Waals surface area contributed by atoms with Gasteiger partial charge in [0.05, 0.1) is 0 Å². The van der Waals surface area contributed by atoms with Crippen molar-refractivity contribution in [2.24, 2.45) is 4.99 Å². The van der Waals surface area contributed by atoms with E-state index in [2.05, 4.69) is 4.99 Å². The Morgan fingerprint density at radius 1 is 1.57 bits per heavy atom. The summed E-state index contributed by atoms with van der Waals surface area (Å²) >= 11 is 0. The van der Waals surface area contributed by atoms with Crippen LogP contribution in [-0.4, -0.2) is 11.7 Å². The summed E-state index contributed by atoms with van der Waals surface area (Å²) < 4.78 is 0. The molecule has 0 radical (unpaired) electrons. The SMILES string of the molecule is CC(=N)N=C(C)[NH-]. The topological polar surface area (TPSA) is 60.0 Å². The van der Waals surface area contributed by atoms with Crippen LogP contribution in [0.3, 0.4) is 0 Å². The first-order valence-corrected chi connectivity index (χ1v) is 1.95. The van der Waals surface area contributed by atoms with Gasteiger partial charge >= 0.3 is 0 Å². The van der Waals surface area contributed by atoms with E-state index in [4.69, 9.17) is 11.1 Å². The normalized spacial score (nSPS) is 11.4. The van der Waals surface area contributed by atoms with E-state index in [0.717, 1.165) is 0 Å². The molecule has 0 spiro atoms. The highest BCUT2D eigenvalue weighted by Crippen LogP contribution is 1.76. The summed E-state index contributed by atoms with van der Waals surface area (Å²) in [7, 11) is 0. The molecule has 3 heteroatoms. The van der Waals surface area contributed by atoms with Crippen LogP contribution in [0.25, 0.3) is 5.73 Å². The van der Waals surface area contributed by atoms with Gasteiger partial charge < -0.3 is 16.1 Å². The van der Waals surface area contributed by atoms with E-state index < -0.39 is 0 Å². The summed E-state index contributed by atoms with van der Waals surface area (Å²) in [5.74, 6) is 0.375. The minimum absolute atomic E-state index is 0.188. The molecule has 0 rings (SSSR count). The van der Waals surface area contributed by atoms with E-state index in [0.29, 0.717) is 0 Å². The Bertz CT molecular complexity index is 99.5. The minimum Gasteiger partial charge on any atom is -0.486 e. The molecular formula is C4H8N3-. The predicted molar refractivity (Wildman–Crippen MR) is 30.8 cm³/mol. The average Bonchev–Trinajstić information content (AvgIpc) is 1.27. The van der Waals surface area contributed by atoms with Gasteiger partial charge in [0.2, 0.25) is 0 Å². The lowest BCUT2D eigenvalue weighted by Gasteiger charge is -1.98. The Kier molecular flexibility index (Phi) is 2.05. The zero-order valence-electron chi connectivity index (χ0n) is 4.45. The van der Waals surface area contributed by atoms with Gasteiger partial charge in [0.15, 0.2) is 0 Å². The quantitative estimate of drug-likeness (QED) is 0.352. The molecule has 0 saturated heterocycles. The van der Waals surface area contributed by atoms with Crippen LogP contribution in [0.4, 0.5) is 0 Å². The zero-order valence-corrected chi connectivity index (χ0v) is 4.45. The van der Waals surface area contributed by atoms with E-state index in [9.17, 15) is 0 Å². The van der Waals surface area contributed by atoms with Gasteiger partial charge in [-0.2, -0.15) is 0 Å². The van der Waals surface area contributed by atoms with Gasteiger partial charge in [0, 0.05) is 5.84 Å². The van der Waals surface area contributed by atoms with E-state index in [-0.39, 0.29) is 11.7 Å². The second kappa shape index (κ2) is 2.34. The molecule has 40 valence electrons. The predicted octanol–water partition coefficient (Wildman–Crippen LogP) is 1.45. The number of aliphatic imine (C=N–C) groups is 1. The fourth-order valence-corrected chi connectivity index (χ4v) is 0.252. The van der Waals surface area contributed by atoms with Crippen molar-refractivity contribution in [1.82, 2.24) is 0 Å². The summed E-state index contributed by atoms with van der Waals surface area (Å²) in [6.07, 6.45) is 0. The first-order chi connectivity index (χ1) is 3.13. The first-order valence-electron chi connectivity index (χ1n) is 1.95. The highest BCUT2D eigenvalue weighted by molar-refractivity contribution is 5.97. The maximum atomic E-state index is 6.72. The third-order valence-electron chi connectivity index (χ3n) is 0.335. The van der Waals surface area contributed by atoms with Gasteiger partial charge in [0.1, 0.15) is 0 Å². The van der Waals surface area contributed by atoms with E-state index in [1.54, 1.807) is 0 Å². The standard InChI is InChI=1S/C4H8N3/c1-3(5)7-4(2)6/h1-2H3,(H2-,5,6,7)/q-1. The van der Waals surface area contributed by atoms with Crippen molar-refractivity contribution in [2.45, 2.75) is 13.8 Å². The third kappa shape index (κ3) is 5.14. The number of rotatable bonds is 0. The van der Waals surface area contributed by atoms with E-state index in [1.807, 2.05) is 0 Å². The fourth-order valence-electron chi connectivity index (χ4n) is 0.252. The molecular weight excluding hydrogens is 90.1 g/mol. The van der Waals surface area contributed by atoms with Crippen molar-refractivity contribution < 1.29 is 0 Å². The van der Waals surface area contributed by atoms with Gasteiger partial charge in [-0.25, -0.2) is 0 Å². The van der Waals surface area contributed by atoms with Crippen molar-refractivity contribution in [3.8, 4) is 0 Å². The summed E-state index contributed by atoms with van der Waals surface area (Å²) in [5.41, 5.74) is 6.72. The Labute approximate surface area is 42.8 Å². The molecule has 0 aromatic carbocycles. The molecule has 0 amide bonds. The van der Waals surface area contributed by atoms with Gasteiger partial charge in [-0.15, -0.1) is 0 Å². The van der Waals surface area contributed by atoms with Gasteiger partial charge in [0.25, 0.3) is 0 Å². The molecule has 2 N–H and O–H groups in total. The molecule has 7 heavy (non-hydrogen) atoms. The molecule has 0 heterocycles. The Hall–Kier alpha value is -0.860. The molecule has 0 saturated carbocycles. The number of hydrogen-bond donors (Lipinski definition) is 1. The number of nitrogens with one attached hydrogen (secondary N) is 2. The Morgan fingerprint density at radius 3 is 2.00 bits per heavy atom. The molecule has 0 fully saturated rings. The number of hydrogen-bond acceptors (Lipinski definition) is 1. The maximum absolute atomic E-state index is 6.72. The Morgan fingerprint density at radius 2 is 2.00 bits per heavy atom. The molecule has 0 aliphatic rings. The van der Waals surface area contributed by atoms with E-state index in [1.165, 1.54) is 13.8 Å². The van der Waals surface area contributed by atoms with Crippen LogP contribution in [0.1, 0.15) is 13.8 Å². The van der Waals surface area contributed by atoms with Crippen molar-refractivity contribution in [3.05, 3.63) is 5.73 Å². The molecule has 0 unspecified atom stereocenters. The highest BCUT2D eigenvalue weighted by atomic mass is 14.9. The molecule has 0 bridgehead atoms. The summed E-state index contributed by atoms with van der Waals surface area (Å²) in [4.78, 5) is 3.44. The summed E-state index contributed by atoms with van der Waals surface area (Å²) in [5, 5.41) is 6.72. The van der Waals surface area contributed by atoms with Crippen LogP contribution < -0.4 is 0 Å². The molecule has 3 nitrogen and oxygen atoms in total. The smallest absolute Gasteiger partial charge is 0.0150 e. The van der Waals surface area contributed by atoms with Crippen LogP contribution in [0.15, 0.2) is 4.99 Å². The molecule has 0 atom stereocenters. The van der Waals surface area contributed by atoms with Crippen molar-refractivity contribution in [2.75, 3.05) is 0 Å². The van der Waals surface area contributed by atoms with Gasteiger partial charge in [-0.3, -0.25) is 0 Å². The lowest BCUT2D eigenvalue weighted by molar-refractivity contribution is 1.41. The zero-order chi connectivity index (χ0) is 5.86. The summed E-state index contributed by atoms with van der Waals surface area (Å²) in [6.45, 7) is 3.08. The Balaban J connectivity index is 3.68. The van der Waals surface area contributed by atoms with Gasteiger partial charge in [-0.05, 0) is 13.8 Å². The van der Waals surface area contributed by atoms with Crippen molar-refractivity contribution >= 4 is 11.7 Å². The lowest BCUT2D eigenvalue weighted by Crippen LogP contribution is -1.85. The monoisotopic (exact) mass is 98.1 g/mol. The maximum Gasteiger partial charge on any atom is 0.0150 e. The van der Waals surface area contributed by atoms with Gasteiger partial charge in [-0.1, -0.05) is 5.84 Å². The number of amidine groups is 2. The second-order valence-corrected chi connectivity index (χ2v) is 1.28. The molecule has 0 aromatic rings. The molecule has 0 aliphatic carbocycles. The lowest BCUT2D eigenvalue weighted by atomic mass is 10.6. The average molecular weight is 98.1 g/mol. The van der Waals surface area contributed by atoms with Crippen LogP contribution in [0, 0.1) is 5.41 Å². The highest BCUT2D eigenvalue weighted by Gasteiger charge is 1.64. The van der Waals surface area contributed by atoms with Crippen molar-refractivity contribution in [1.29, 1.82) is 5.41 Å². The number of nitrogens with zero attached hydrogens (tertiary/aromatic N) is 1. The molecule has 0 aromatic heterocycles. The van der Waals surface area contributed by atoms with Crippen LogP contribution >= 0.6 is 0 Å². The van der Waals surface area contributed by atoms with Crippen molar-refractivity contribution in [3.63, 3.8) is 0 Å². The largest absolute Gasteiger partial charge is 0.486 e.